The largest absolute Gasteiger partial charge is 0.495 e. The van der Waals surface area contributed by atoms with E-state index >= 15 is 0 Å². The number of nitrogens with one attached hydrogen (secondary N) is 2. The van der Waals surface area contributed by atoms with Crippen molar-refractivity contribution < 1.29 is 14.6 Å². The molecule has 1 aromatic rings. The number of benzene rings is 1. The van der Waals surface area contributed by atoms with E-state index in [4.69, 9.17) is 16.3 Å². The summed E-state index contributed by atoms with van der Waals surface area (Å²) in [5.74, 6) is 0.549. The Morgan fingerprint density at radius 2 is 2.25 bits per heavy atom. The van der Waals surface area contributed by atoms with E-state index in [-0.39, 0.29) is 18.2 Å². The molecule has 1 fully saturated rings. The lowest BCUT2D eigenvalue weighted by molar-refractivity contribution is 0.114. The Hall–Kier alpha value is -1.46. The van der Waals surface area contributed by atoms with Crippen LogP contribution in [-0.2, 0) is 0 Å². The van der Waals surface area contributed by atoms with Crippen molar-refractivity contribution in [2.75, 3.05) is 12.4 Å². The number of carbonyl (C=O) groups excluding carboxylic acids is 1. The van der Waals surface area contributed by atoms with Crippen molar-refractivity contribution >= 4 is 23.3 Å². The second kappa shape index (κ2) is 6.81. The van der Waals surface area contributed by atoms with E-state index in [1.54, 1.807) is 18.2 Å². The van der Waals surface area contributed by atoms with Gasteiger partial charge in [0.05, 0.1) is 18.9 Å². The lowest BCUT2D eigenvalue weighted by Crippen LogP contribution is -2.41. The molecule has 1 aliphatic carbocycles. The fourth-order valence-corrected chi connectivity index (χ4v) is 2.59. The molecule has 110 valence electrons. The van der Waals surface area contributed by atoms with E-state index in [0.29, 0.717) is 22.9 Å². The van der Waals surface area contributed by atoms with Gasteiger partial charge in [-0.3, -0.25) is 0 Å². The molecule has 1 aliphatic rings. The van der Waals surface area contributed by atoms with Crippen LogP contribution in [0.4, 0.5) is 10.5 Å². The normalized spacial score (nSPS) is 22.1. The number of ether oxygens (including phenoxy) is 1. The quantitative estimate of drug-likeness (QED) is 0.803. The Morgan fingerprint density at radius 3 is 2.95 bits per heavy atom. The third-order valence-electron chi connectivity index (χ3n) is 3.39. The SMILES string of the molecule is COc1ccc(Cl)cc1NC(=O)NC1CCCC(O)C1. The lowest BCUT2D eigenvalue weighted by Gasteiger charge is -2.26. The minimum Gasteiger partial charge on any atom is -0.495 e. The van der Waals surface area contributed by atoms with Crippen LogP contribution in [0.15, 0.2) is 18.2 Å². The van der Waals surface area contributed by atoms with Crippen LogP contribution in [-0.4, -0.2) is 30.4 Å². The summed E-state index contributed by atoms with van der Waals surface area (Å²) in [6.45, 7) is 0. The standard InChI is InChI=1S/C14H19ClN2O3/c1-20-13-6-5-9(15)7-12(13)17-14(19)16-10-3-2-4-11(18)8-10/h5-7,10-11,18H,2-4,8H2,1H3,(H2,16,17,19). The Labute approximate surface area is 123 Å². The number of rotatable bonds is 3. The van der Waals surface area contributed by atoms with Crippen molar-refractivity contribution in [1.82, 2.24) is 5.32 Å². The highest BCUT2D eigenvalue weighted by molar-refractivity contribution is 6.31. The molecule has 2 atom stereocenters. The highest BCUT2D eigenvalue weighted by Crippen LogP contribution is 2.27. The maximum atomic E-state index is 12.0. The average Bonchev–Trinajstić information content (AvgIpc) is 2.38. The molecule has 0 spiro atoms. The van der Waals surface area contributed by atoms with Crippen molar-refractivity contribution in [3.05, 3.63) is 23.2 Å². The molecule has 5 nitrogen and oxygen atoms in total. The maximum absolute atomic E-state index is 12.0. The van der Waals surface area contributed by atoms with Crippen LogP contribution >= 0.6 is 11.6 Å². The zero-order valence-corrected chi connectivity index (χ0v) is 12.1. The number of aliphatic hydroxyl groups is 1. The van der Waals surface area contributed by atoms with E-state index in [1.807, 2.05) is 0 Å². The molecule has 0 radical (unpaired) electrons. The number of hydrogen-bond acceptors (Lipinski definition) is 3. The first kappa shape index (κ1) is 14.9. The number of methoxy groups -OCH3 is 1. The van der Waals surface area contributed by atoms with Crippen LogP contribution in [0.2, 0.25) is 5.02 Å². The van der Waals surface area contributed by atoms with Crippen LogP contribution in [0, 0.1) is 0 Å². The van der Waals surface area contributed by atoms with E-state index < -0.39 is 0 Å². The Kier molecular flexibility index (Phi) is 5.09. The fourth-order valence-electron chi connectivity index (χ4n) is 2.42. The number of carbonyl (C=O) groups is 1. The average molecular weight is 299 g/mol. The minimum atomic E-state index is -0.324. The Morgan fingerprint density at radius 1 is 1.45 bits per heavy atom. The van der Waals surface area contributed by atoms with Gasteiger partial charge in [-0.1, -0.05) is 11.6 Å². The van der Waals surface area contributed by atoms with E-state index in [0.717, 1.165) is 19.3 Å². The van der Waals surface area contributed by atoms with Crippen LogP contribution in [0.3, 0.4) is 0 Å². The number of anilines is 1. The molecule has 1 aromatic carbocycles. The van der Waals surface area contributed by atoms with Gasteiger partial charge in [0.2, 0.25) is 0 Å². The third kappa shape index (κ3) is 4.02. The third-order valence-corrected chi connectivity index (χ3v) is 3.63. The maximum Gasteiger partial charge on any atom is 0.319 e. The number of aliphatic hydroxyl groups excluding tert-OH is 1. The monoisotopic (exact) mass is 298 g/mol. The van der Waals surface area contributed by atoms with Crippen LogP contribution < -0.4 is 15.4 Å². The summed E-state index contributed by atoms with van der Waals surface area (Å²) in [5, 5.41) is 15.7. The van der Waals surface area contributed by atoms with Crippen molar-refractivity contribution in [1.29, 1.82) is 0 Å². The molecule has 0 aliphatic heterocycles. The molecule has 2 amide bonds. The lowest BCUT2D eigenvalue weighted by atomic mass is 9.93. The molecule has 2 unspecified atom stereocenters. The summed E-state index contributed by atoms with van der Waals surface area (Å²) in [7, 11) is 1.53. The molecule has 3 N–H and O–H groups in total. The summed E-state index contributed by atoms with van der Waals surface area (Å²) >= 11 is 5.91. The van der Waals surface area contributed by atoms with Gasteiger partial charge >= 0.3 is 6.03 Å². The van der Waals surface area contributed by atoms with Gasteiger partial charge in [0.15, 0.2) is 0 Å². The predicted molar refractivity (Wildman–Crippen MR) is 78.4 cm³/mol. The van der Waals surface area contributed by atoms with E-state index in [1.165, 1.54) is 7.11 Å². The molecule has 2 rings (SSSR count). The van der Waals surface area contributed by atoms with Gasteiger partial charge < -0.3 is 20.5 Å². The molecular formula is C14H19ClN2O3. The van der Waals surface area contributed by atoms with Crippen molar-refractivity contribution in [3.8, 4) is 5.75 Å². The fraction of sp³-hybridized carbons (Fsp3) is 0.500. The van der Waals surface area contributed by atoms with Gasteiger partial charge in [-0.25, -0.2) is 4.79 Å². The van der Waals surface area contributed by atoms with Crippen LogP contribution in [0.1, 0.15) is 25.7 Å². The summed E-state index contributed by atoms with van der Waals surface area (Å²) < 4.78 is 5.17. The Balaban J connectivity index is 1.95. The van der Waals surface area contributed by atoms with Gasteiger partial charge in [0.25, 0.3) is 0 Å². The number of amides is 2. The molecule has 0 bridgehead atoms. The highest BCUT2D eigenvalue weighted by atomic mass is 35.5. The molecule has 0 aromatic heterocycles. The first-order valence-electron chi connectivity index (χ1n) is 6.67. The molecule has 6 heteroatoms. The number of halogens is 1. The second-order valence-electron chi connectivity index (χ2n) is 4.96. The summed E-state index contributed by atoms with van der Waals surface area (Å²) in [6.07, 6.45) is 2.89. The van der Waals surface area contributed by atoms with E-state index in [2.05, 4.69) is 10.6 Å². The molecule has 0 saturated heterocycles. The van der Waals surface area contributed by atoms with Gasteiger partial charge in [0.1, 0.15) is 5.75 Å². The molecule has 1 saturated carbocycles. The summed E-state index contributed by atoms with van der Waals surface area (Å²) in [5.41, 5.74) is 0.522. The van der Waals surface area contributed by atoms with E-state index in [9.17, 15) is 9.90 Å². The van der Waals surface area contributed by atoms with Crippen molar-refractivity contribution in [2.24, 2.45) is 0 Å². The van der Waals surface area contributed by atoms with Crippen molar-refractivity contribution in [2.45, 2.75) is 37.8 Å². The molecule has 0 heterocycles. The minimum absolute atomic E-state index is 0.00364. The summed E-state index contributed by atoms with van der Waals surface area (Å²) in [6, 6.07) is 4.72. The number of urea groups is 1. The van der Waals surface area contributed by atoms with Crippen LogP contribution in [0.5, 0.6) is 5.75 Å². The first-order valence-corrected chi connectivity index (χ1v) is 7.05. The van der Waals surface area contributed by atoms with Gasteiger partial charge in [-0.2, -0.15) is 0 Å². The highest BCUT2D eigenvalue weighted by Gasteiger charge is 2.21. The van der Waals surface area contributed by atoms with Gasteiger partial charge in [-0.15, -0.1) is 0 Å². The summed E-state index contributed by atoms with van der Waals surface area (Å²) in [4.78, 5) is 12.0. The van der Waals surface area contributed by atoms with Crippen molar-refractivity contribution in [3.63, 3.8) is 0 Å². The molecule has 20 heavy (non-hydrogen) atoms. The topological polar surface area (TPSA) is 70.6 Å². The zero-order chi connectivity index (χ0) is 14.5. The smallest absolute Gasteiger partial charge is 0.319 e. The first-order chi connectivity index (χ1) is 9.58. The number of hydrogen-bond donors (Lipinski definition) is 3. The van der Waals surface area contributed by atoms with Gasteiger partial charge in [-0.05, 0) is 43.9 Å². The zero-order valence-electron chi connectivity index (χ0n) is 11.4. The Bertz CT molecular complexity index is 481. The predicted octanol–water partition coefficient (Wildman–Crippen LogP) is 2.77. The second-order valence-corrected chi connectivity index (χ2v) is 5.40. The van der Waals surface area contributed by atoms with Gasteiger partial charge in [0, 0.05) is 11.1 Å². The molecular weight excluding hydrogens is 280 g/mol. The van der Waals surface area contributed by atoms with Crippen LogP contribution in [0.25, 0.3) is 0 Å².